The maximum Gasteiger partial charge on any atom is 0.123 e. The third-order valence-electron chi connectivity index (χ3n) is 3.67. The molecule has 0 fully saturated rings. The van der Waals surface area contributed by atoms with Gasteiger partial charge in [-0.1, -0.05) is 0 Å². The highest BCUT2D eigenvalue weighted by molar-refractivity contribution is 7.12. The topological polar surface area (TPSA) is 12.0 Å². The molecule has 0 bridgehead atoms. The number of fused-ring (bicyclic) bond motifs is 1. The number of anilines is 1. The molecule has 0 aliphatic heterocycles. The highest BCUT2D eigenvalue weighted by Gasteiger charge is 2.16. The minimum Gasteiger partial charge on any atom is -0.378 e. The van der Waals surface area contributed by atoms with Crippen molar-refractivity contribution in [3.63, 3.8) is 0 Å². The Morgan fingerprint density at radius 2 is 1.89 bits per heavy atom. The van der Waals surface area contributed by atoms with Crippen LogP contribution in [0.15, 0.2) is 30.3 Å². The molecule has 1 aliphatic carbocycles. The molecule has 1 nitrogen and oxygen atoms in total. The monoisotopic (exact) mass is 275 g/mol. The van der Waals surface area contributed by atoms with Crippen molar-refractivity contribution in [3.8, 4) is 0 Å². The molecule has 3 rings (SSSR count). The standard InChI is InChI=1S/C16H18FNS/c1-11(18-14-8-6-13(17)7-9-14)16-10-12-4-2-3-5-15(12)19-16/h6-11,18H,2-5H2,1H3. The summed E-state index contributed by atoms with van der Waals surface area (Å²) in [7, 11) is 0. The van der Waals surface area contributed by atoms with Crippen LogP contribution in [0.4, 0.5) is 10.1 Å². The van der Waals surface area contributed by atoms with Gasteiger partial charge in [0.05, 0.1) is 6.04 Å². The first kappa shape index (κ1) is 12.7. The third kappa shape index (κ3) is 2.81. The van der Waals surface area contributed by atoms with E-state index in [0.29, 0.717) is 0 Å². The number of rotatable bonds is 3. The fraction of sp³-hybridized carbons (Fsp3) is 0.375. The first-order valence-electron chi connectivity index (χ1n) is 6.86. The highest BCUT2D eigenvalue weighted by Crippen LogP contribution is 2.33. The number of halogens is 1. The average molecular weight is 275 g/mol. The molecule has 1 aliphatic rings. The van der Waals surface area contributed by atoms with Gasteiger partial charge in [0.25, 0.3) is 0 Å². The van der Waals surface area contributed by atoms with Crippen LogP contribution in [0.1, 0.15) is 41.1 Å². The Balaban J connectivity index is 1.74. The normalized spacial score (nSPS) is 15.9. The van der Waals surface area contributed by atoms with Gasteiger partial charge >= 0.3 is 0 Å². The summed E-state index contributed by atoms with van der Waals surface area (Å²) in [5.74, 6) is -0.190. The van der Waals surface area contributed by atoms with Crippen molar-refractivity contribution in [3.05, 3.63) is 51.5 Å². The molecule has 100 valence electrons. The number of aryl methyl sites for hydroxylation is 2. The smallest absolute Gasteiger partial charge is 0.123 e. The number of benzene rings is 1. The Hall–Kier alpha value is -1.35. The van der Waals surface area contributed by atoms with Crippen molar-refractivity contribution in [2.45, 2.75) is 38.6 Å². The molecule has 1 aromatic carbocycles. The second-order valence-corrected chi connectivity index (χ2v) is 6.35. The SMILES string of the molecule is CC(Nc1ccc(F)cc1)c1cc2c(s1)CCCC2. The van der Waals surface area contributed by atoms with Crippen molar-refractivity contribution >= 4 is 17.0 Å². The molecule has 19 heavy (non-hydrogen) atoms. The molecule has 0 radical (unpaired) electrons. The van der Waals surface area contributed by atoms with E-state index in [-0.39, 0.29) is 11.9 Å². The Labute approximate surface area is 117 Å². The second-order valence-electron chi connectivity index (χ2n) is 5.18. The maximum atomic E-state index is 12.9. The quantitative estimate of drug-likeness (QED) is 0.836. The molecule has 1 aromatic heterocycles. The zero-order valence-electron chi connectivity index (χ0n) is 11.1. The van der Waals surface area contributed by atoms with E-state index >= 15 is 0 Å². The van der Waals surface area contributed by atoms with Gasteiger partial charge in [-0.2, -0.15) is 0 Å². The molecule has 3 heteroatoms. The van der Waals surface area contributed by atoms with Gasteiger partial charge in [-0.3, -0.25) is 0 Å². The van der Waals surface area contributed by atoms with Gasteiger partial charge in [-0.25, -0.2) is 4.39 Å². The summed E-state index contributed by atoms with van der Waals surface area (Å²) in [6.45, 7) is 2.17. The van der Waals surface area contributed by atoms with Crippen molar-refractivity contribution in [2.75, 3.05) is 5.32 Å². The first-order valence-corrected chi connectivity index (χ1v) is 7.67. The molecule has 1 N–H and O–H groups in total. The number of nitrogens with one attached hydrogen (secondary N) is 1. The largest absolute Gasteiger partial charge is 0.378 e. The van der Waals surface area contributed by atoms with Crippen LogP contribution in [-0.2, 0) is 12.8 Å². The van der Waals surface area contributed by atoms with Crippen molar-refractivity contribution in [1.82, 2.24) is 0 Å². The second kappa shape index (κ2) is 5.33. The van der Waals surface area contributed by atoms with Crippen LogP contribution >= 0.6 is 11.3 Å². The van der Waals surface area contributed by atoms with E-state index in [1.165, 1.54) is 42.7 Å². The summed E-state index contributed by atoms with van der Waals surface area (Å²) in [6.07, 6.45) is 5.12. The maximum absolute atomic E-state index is 12.9. The Bertz CT molecular complexity index is 535. The highest BCUT2D eigenvalue weighted by atomic mass is 32.1. The summed E-state index contributed by atoms with van der Waals surface area (Å²) in [5, 5.41) is 3.44. The average Bonchev–Trinajstić information content (AvgIpc) is 2.85. The van der Waals surface area contributed by atoms with E-state index in [4.69, 9.17) is 0 Å². The van der Waals surface area contributed by atoms with Crippen LogP contribution in [0.3, 0.4) is 0 Å². The van der Waals surface area contributed by atoms with Crippen LogP contribution < -0.4 is 5.32 Å². The summed E-state index contributed by atoms with van der Waals surface area (Å²) >= 11 is 1.93. The van der Waals surface area contributed by atoms with Gasteiger partial charge < -0.3 is 5.32 Å². The number of hydrogen-bond acceptors (Lipinski definition) is 2. The van der Waals surface area contributed by atoms with Gasteiger partial charge in [0, 0.05) is 15.4 Å². The fourth-order valence-corrected chi connectivity index (χ4v) is 3.85. The van der Waals surface area contributed by atoms with E-state index in [1.807, 2.05) is 11.3 Å². The molecule has 0 saturated carbocycles. The van der Waals surface area contributed by atoms with Crippen LogP contribution in [0.5, 0.6) is 0 Å². The van der Waals surface area contributed by atoms with Crippen LogP contribution in [0.2, 0.25) is 0 Å². The van der Waals surface area contributed by atoms with Gasteiger partial charge in [0.2, 0.25) is 0 Å². The van der Waals surface area contributed by atoms with Crippen LogP contribution in [0.25, 0.3) is 0 Å². The van der Waals surface area contributed by atoms with Crippen molar-refractivity contribution in [1.29, 1.82) is 0 Å². The molecule has 0 amide bonds. The fourth-order valence-electron chi connectivity index (χ4n) is 2.59. The molecule has 1 unspecified atom stereocenters. The van der Waals surface area contributed by atoms with Crippen LogP contribution in [-0.4, -0.2) is 0 Å². The van der Waals surface area contributed by atoms with E-state index in [1.54, 1.807) is 22.6 Å². The zero-order chi connectivity index (χ0) is 13.2. The van der Waals surface area contributed by atoms with Crippen LogP contribution in [0, 0.1) is 5.82 Å². The number of thiophene rings is 1. The lowest BCUT2D eigenvalue weighted by atomic mass is 9.99. The van der Waals surface area contributed by atoms with E-state index in [2.05, 4.69) is 18.3 Å². The zero-order valence-corrected chi connectivity index (χ0v) is 11.9. The summed E-state index contributed by atoms with van der Waals surface area (Å²) in [4.78, 5) is 2.95. The molecular formula is C16H18FNS. The molecule has 0 saturated heterocycles. The van der Waals surface area contributed by atoms with E-state index in [9.17, 15) is 4.39 Å². The van der Waals surface area contributed by atoms with Gasteiger partial charge in [-0.15, -0.1) is 11.3 Å². The lowest BCUT2D eigenvalue weighted by Gasteiger charge is -2.13. The Morgan fingerprint density at radius 1 is 1.16 bits per heavy atom. The lowest BCUT2D eigenvalue weighted by Crippen LogP contribution is -2.04. The first-order chi connectivity index (χ1) is 9.22. The molecule has 2 aromatic rings. The van der Waals surface area contributed by atoms with Gasteiger partial charge in [-0.05, 0) is 68.5 Å². The van der Waals surface area contributed by atoms with E-state index in [0.717, 1.165) is 5.69 Å². The minimum atomic E-state index is -0.190. The van der Waals surface area contributed by atoms with E-state index < -0.39 is 0 Å². The third-order valence-corrected chi connectivity index (χ3v) is 5.09. The molecule has 0 spiro atoms. The van der Waals surface area contributed by atoms with Gasteiger partial charge in [0.1, 0.15) is 5.82 Å². The summed E-state index contributed by atoms with van der Waals surface area (Å²) < 4.78 is 12.9. The molecule has 1 heterocycles. The summed E-state index contributed by atoms with van der Waals surface area (Å²) in [5.41, 5.74) is 2.51. The summed E-state index contributed by atoms with van der Waals surface area (Å²) in [6, 6.07) is 9.20. The minimum absolute atomic E-state index is 0.190. The Morgan fingerprint density at radius 3 is 2.63 bits per heavy atom. The molecule has 1 atom stereocenters. The van der Waals surface area contributed by atoms with Crippen molar-refractivity contribution < 1.29 is 4.39 Å². The predicted molar refractivity (Wildman–Crippen MR) is 79.4 cm³/mol. The molecular weight excluding hydrogens is 257 g/mol. The lowest BCUT2D eigenvalue weighted by molar-refractivity contribution is 0.628. The van der Waals surface area contributed by atoms with Gasteiger partial charge in [0.15, 0.2) is 0 Å². The Kier molecular flexibility index (Phi) is 3.56. The number of hydrogen-bond donors (Lipinski definition) is 1. The van der Waals surface area contributed by atoms with Crippen molar-refractivity contribution in [2.24, 2.45) is 0 Å². The predicted octanol–water partition coefficient (Wildman–Crippen LogP) is 4.94.